The molecule has 0 spiro atoms. The predicted octanol–water partition coefficient (Wildman–Crippen LogP) is 3.69. The van der Waals surface area contributed by atoms with Crippen molar-refractivity contribution < 1.29 is 15.7 Å². The van der Waals surface area contributed by atoms with E-state index >= 15 is 0 Å². The number of carbonyl (C=O) groups is 1. The van der Waals surface area contributed by atoms with E-state index < -0.39 is 0 Å². The lowest BCUT2D eigenvalue weighted by Gasteiger charge is -2.35. The highest BCUT2D eigenvalue weighted by atomic mass is 16.6. The van der Waals surface area contributed by atoms with Crippen molar-refractivity contribution in [2.45, 2.75) is 12.6 Å². The smallest absolute Gasteiger partial charge is 0.410 e. The average Bonchev–Trinajstić information content (AvgIpc) is 3.50. The summed E-state index contributed by atoms with van der Waals surface area (Å²) in [6.07, 6.45) is 3.28. The van der Waals surface area contributed by atoms with E-state index in [-0.39, 0.29) is 13.6 Å². The number of benzene rings is 1. The first-order chi connectivity index (χ1) is 16.2. The molecule has 1 N–H and O–H groups in total. The Kier molecular flexibility index (Phi) is 4.88. The molecule has 168 valence electrons. The Morgan fingerprint density at radius 3 is 2.97 bits per heavy atom. The molecule has 2 saturated heterocycles. The molecule has 9 nitrogen and oxygen atoms in total. The summed E-state index contributed by atoms with van der Waals surface area (Å²) in [6.45, 7) is 3.56. The molecule has 2 aliphatic heterocycles. The topological polar surface area (TPSA) is 96.5 Å². The van der Waals surface area contributed by atoms with Gasteiger partial charge in [0.25, 0.3) is 0 Å². The molecule has 0 aliphatic carbocycles. The highest BCUT2D eigenvalue weighted by Gasteiger charge is 2.37. The van der Waals surface area contributed by atoms with Gasteiger partial charge in [-0.15, -0.1) is 0 Å². The van der Waals surface area contributed by atoms with Gasteiger partial charge in [0.15, 0.2) is 0 Å². The molecule has 3 aromatic heterocycles. The highest BCUT2D eigenvalue weighted by Crippen LogP contribution is 2.26. The van der Waals surface area contributed by atoms with Gasteiger partial charge in [-0.2, -0.15) is 5.10 Å². The number of fused-ring (bicyclic) bond motifs is 2. The molecule has 6 rings (SSSR count). The van der Waals surface area contributed by atoms with E-state index in [4.69, 9.17) is 14.5 Å². The fourth-order valence-corrected chi connectivity index (χ4v) is 4.36. The van der Waals surface area contributed by atoms with Gasteiger partial charge in [0.05, 0.1) is 22.9 Å². The second kappa shape index (κ2) is 8.18. The predicted molar refractivity (Wildman–Crippen MR) is 123 cm³/mol. The number of rotatable bonds is 5. The second-order valence-electron chi connectivity index (χ2n) is 8.27. The minimum atomic E-state index is -0.189. The van der Waals surface area contributed by atoms with Crippen molar-refractivity contribution in [2.75, 3.05) is 26.2 Å². The maximum Gasteiger partial charge on any atom is 0.410 e. The number of piperazine rings is 1. The van der Waals surface area contributed by atoms with E-state index in [1.807, 2.05) is 47.4 Å². The van der Waals surface area contributed by atoms with Gasteiger partial charge in [-0.3, -0.25) is 19.9 Å². The molecule has 2 fully saturated rings. The molecular weight excluding hydrogens is 420 g/mol. The summed E-state index contributed by atoms with van der Waals surface area (Å²) in [4.78, 5) is 25.0. The highest BCUT2D eigenvalue weighted by molar-refractivity contribution is 5.80. The summed E-state index contributed by atoms with van der Waals surface area (Å²) in [6, 6.07) is 15.8. The van der Waals surface area contributed by atoms with Crippen LogP contribution in [-0.4, -0.2) is 68.3 Å². The van der Waals surface area contributed by atoms with Crippen LogP contribution in [0.5, 0.6) is 11.6 Å². The molecule has 0 radical (unpaired) electrons. The van der Waals surface area contributed by atoms with Crippen molar-refractivity contribution in [3.8, 4) is 22.9 Å². The summed E-state index contributed by atoms with van der Waals surface area (Å²) in [5.41, 5.74) is 3.78. The summed E-state index contributed by atoms with van der Waals surface area (Å²) >= 11 is 0. The third-order valence-corrected chi connectivity index (χ3v) is 6.08. The monoisotopic (exact) mass is 444 g/mol. The molecule has 1 amide bonds. The lowest BCUT2D eigenvalue weighted by molar-refractivity contribution is 0.115. The maximum absolute atomic E-state index is 11.7. The van der Waals surface area contributed by atoms with Gasteiger partial charge in [-0.05, 0) is 36.4 Å². The summed E-state index contributed by atoms with van der Waals surface area (Å²) in [5.74, 6) is 1.23. The molecular formula is C24H24N6O3. The number of nitrogens with one attached hydrogen (secondary N) is 1. The molecule has 1 aromatic carbocycles. The molecule has 0 bridgehead atoms. The molecule has 33 heavy (non-hydrogen) atoms. The summed E-state index contributed by atoms with van der Waals surface area (Å²) in [7, 11) is 0. The number of hydrogen-bond acceptors (Lipinski definition) is 7. The van der Waals surface area contributed by atoms with E-state index in [2.05, 4.69) is 26.1 Å². The Morgan fingerprint density at radius 2 is 2.12 bits per heavy atom. The van der Waals surface area contributed by atoms with E-state index in [0.717, 1.165) is 47.5 Å². The Morgan fingerprint density at radius 1 is 1.15 bits per heavy atom. The average molecular weight is 444 g/mol. The number of cyclic esters (lactones) is 1. The van der Waals surface area contributed by atoms with Crippen molar-refractivity contribution in [2.24, 2.45) is 0 Å². The van der Waals surface area contributed by atoms with Gasteiger partial charge in [0.2, 0.25) is 5.88 Å². The fourth-order valence-electron chi connectivity index (χ4n) is 4.36. The SMILES string of the molecule is O=C1OC[C@@H]2CN(Cc3ccc4cc(Oc5ccc(-c6ccn[nH]6)cn5)ccc4n3)CCN12.[HH]. The van der Waals surface area contributed by atoms with Crippen LogP contribution in [0.15, 0.2) is 60.9 Å². The molecule has 4 aromatic rings. The van der Waals surface area contributed by atoms with Crippen LogP contribution >= 0.6 is 0 Å². The minimum absolute atomic E-state index is 0. The first kappa shape index (κ1) is 19.7. The largest absolute Gasteiger partial charge is 0.447 e. The normalized spacial score (nSPS) is 18.4. The Balaban J connectivity index is 0.00000241. The fraction of sp³-hybridized carbons (Fsp3) is 0.250. The second-order valence-corrected chi connectivity index (χ2v) is 8.27. The van der Waals surface area contributed by atoms with E-state index in [0.29, 0.717) is 24.8 Å². The van der Waals surface area contributed by atoms with Crippen LogP contribution < -0.4 is 4.74 Å². The molecule has 0 saturated carbocycles. The number of aromatic nitrogens is 4. The molecule has 2 aliphatic rings. The van der Waals surface area contributed by atoms with Gasteiger partial charge >= 0.3 is 6.09 Å². The lowest BCUT2D eigenvalue weighted by Crippen LogP contribution is -2.51. The van der Waals surface area contributed by atoms with Crippen LogP contribution in [0.25, 0.3) is 22.2 Å². The number of amides is 1. The summed E-state index contributed by atoms with van der Waals surface area (Å²) in [5, 5.41) is 7.89. The molecule has 5 heterocycles. The first-order valence-electron chi connectivity index (χ1n) is 10.9. The van der Waals surface area contributed by atoms with Gasteiger partial charge in [-0.25, -0.2) is 9.78 Å². The van der Waals surface area contributed by atoms with Crippen molar-refractivity contribution in [1.82, 2.24) is 30.0 Å². The lowest BCUT2D eigenvalue weighted by atomic mass is 10.1. The van der Waals surface area contributed by atoms with Gasteiger partial charge in [0, 0.05) is 57.0 Å². The molecule has 1 atom stereocenters. The number of hydrogen-bond donors (Lipinski definition) is 1. The minimum Gasteiger partial charge on any atom is -0.447 e. The number of pyridine rings is 2. The number of H-pyrrole nitrogens is 1. The van der Waals surface area contributed by atoms with Crippen molar-refractivity contribution in [3.63, 3.8) is 0 Å². The van der Waals surface area contributed by atoms with Gasteiger partial charge in [-0.1, -0.05) is 6.07 Å². The first-order valence-corrected chi connectivity index (χ1v) is 10.9. The Labute approximate surface area is 191 Å². The van der Waals surface area contributed by atoms with Crippen molar-refractivity contribution in [3.05, 3.63) is 66.6 Å². The van der Waals surface area contributed by atoms with Crippen LogP contribution in [0.3, 0.4) is 0 Å². The molecule has 0 unspecified atom stereocenters. The van der Waals surface area contributed by atoms with Gasteiger partial charge < -0.3 is 9.47 Å². The zero-order chi connectivity index (χ0) is 22.2. The standard InChI is InChI=1S/C24H22N6O3.H2/c31-24-30-10-9-29(14-19(30)15-32-24)13-18-3-1-16-11-20(4-5-21(16)27-18)33-23-6-2-17(12-25-23)22-7-8-26-28-22;/h1-8,11-12,19H,9-10,13-15H2,(H,26,28);1H/t19-;/m0./s1. The van der Waals surface area contributed by atoms with E-state index in [1.165, 1.54) is 0 Å². The van der Waals surface area contributed by atoms with E-state index in [9.17, 15) is 4.79 Å². The molecule has 9 heteroatoms. The number of carbonyl (C=O) groups excluding carboxylic acids is 1. The van der Waals surface area contributed by atoms with Crippen LogP contribution in [0.4, 0.5) is 4.79 Å². The maximum atomic E-state index is 11.7. The number of aromatic amines is 1. The Bertz CT molecular complexity index is 1300. The van der Waals surface area contributed by atoms with Crippen LogP contribution in [0, 0.1) is 0 Å². The van der Waals surface area contributed by atoms with Crippen LogP contribution in [0.1, 0.15) is 7.12 Å². The number of ether oxygens (including phenoxy) is 2. The van der Waals surface area contributed by atoms with Gasteiger partial charge in [0.1, 0.15) is 12.4 Å². The van der Waals surface area contributed by atoms with Crippen molar-refractivity contribution >= 4 is 17.0 Å². The third kappa shape index (κ3) is 3.98. The Hall–Kier alpha value is -3.98. The zero-order valence-corrected chi connectivity index (χ0v) is 17.8. The van der Waals surface area contributed by atoms with E-state index in [1.54, 1.807) is 12.4 Å². The number of nitrogens with zero attached hydrogens (tertiary/aromatic N) is 5. The van der Waals surface area contributed by atoms with Crippen molar-refractivity contribution in [1.29, 1.82) is 0 Å². The van der Waals surface area contributed by atoms with Crippen LogP contribution in [0.2, 0.25) is 0 Å². The summed E-state index contributed by atoms with van der Waals surface area (Å²) < 4.78 is 11.1. The van der Waals surface area contributed by atoms with Crippen LogP contribution in [-0.2, 0) is 11.3 Å². The third-order valence-electron chi connectivity index (χ3n) is 6.08. The zero-order valence-electron chi connectivity index (χ0n) is 17.8. The quantitative estimate of drug-likeness (QED) is 0.501.